The number of hydrogen-bond acceptors (Lipinski definition) is 4. The molecule has 0 bridgehead atoms. The van der Waals surface area contributed by atoms with Crippen LogP contribution in [0.4, 0.5) is 21.7 Å². The topological polar surface area (TPSA) is 63.8 Å². The van der Waals surface area contributed by atoms with Crippen molar-refractivity contribution in [3.63, 3.8) is 0 Å². The molecule has 0 atom stereocenters. The third-order valence-corrected chi connectivity index (χ3v) is 3.14. The third kappa shape index (κ3) is 2.99. The third-order valence-electron chi connectivity index (χ3n) is 2.90. The molecule has 0 aliphatic carbocycles. The lowest BCUT2D eigenvalue weighted by Gasteiger charge is -2.14. The summed E-state index contributed by atoms with van der Waals surface area (Å²) in [5.74, 6) is 1.20. The van der Waals surface area contributed by atoms with E-state index in [0.29, 0.717) is 33.7 Å². The van der Waals surface area contributed by atoms with Crippen molar-refractivity contribution in [2.24, 2.45) is 0 Å². The van der Waals surface area contributed by atoms with Gasteiger partial charge in [-0.2, -0.15) is 0 Å². The molecule has 20 heavy (non-hydrogen) atoms. The van der Waals surface area contributed by atoms with E-state index >= 15 is 0 Å². The molecule has 0 aliphatic heterocycles. The van der Waals surface area contributed by atoms with Gasteiger partial charge < -0.3 is 11.1 Å². The van der Waals surface area contributed by atoms with Crippen molar-refractivity contribution in [3.05, 3.63) is 40.4 Å². The molecular formula is C14H16ClFN4. The maximum Gasteiger partial charge on any atom is 0.148 e. The van der Waals surface area contributed by atoms with Crippen LogP contribution >= 0.6 is 11.6 Å². The van der Waals surface area contributed by atoms with Gasteiger partial charge in [0, 0.05) is 16.5 Å². The number of hydrogen-bond donors (Lipinski definition) is 2. The molecule has 3 N–H and O–H groups in total. The summed E-state index contributed by atoms with van der Waals surface area (Å²) in [6.07, 6.45) is 0. The molecular weight excluding hydrogens is 279 g/mol. The van der Waals surface area contributed by atoms with Crippen molar-refractivity contribution in [2.45, 2.75) is 26.7 Å². The van der Waals surface area contributed by atoms with Crippen LogP contribution in [0, 0.1) is 12.7 Å². The average molecular weight is 295 g/mol. The van der Waals surface area contributed by atoms with Crippen molar-refractivity contribution >= 4 is 28.9 Å². The van der Waals surface area contributed by atoms with Gasteiger partial charge >= 0.3 is 0 Å². The fourth-order valence-electron chi connectivity index (χ4n) is 1.65. The molecule has 0 radical (unpaired) electrons. The molecule has 1 aromatic heterocycles. The van der Waals surface area contributed by atoms with E-state index in [4.69, 9.17) is 17.3 Å². The van der Waals surface area contributed by atoms with E-state index in [-0.39, 0.29) is 5.92 Å². The van der Waals surface area contributed by atoms with Crippen LogP contribution in [-0.4, -0.2) is 9.97 Å². The van der Waals surface area contributed by atoms with E-state index in [2.05, 4.69) is 15.3 Å². The Kier molecular flexibility index (Phi) is 4.09. The highest BCUT2D eigenvalue weighted by molar-refractivity contribution is 6.30. The fourth-order valence-corrected chi connectivity index (χ4v) is 1.81. The lowest BCUT2D eigenvalue weighted by Crippen LogP contribution is -2.08. The Morgan fingerprint density at radius 1 is 1.30 bits per heavy atom. The SMILES string of the molecule is Cc1c(N)nc(C(C)C)nc1Nc1ccc(Cl)cc1F. The van der Waals surface area contributed by atoms with E-state index in [1.165, 1.54) is 6.07 Å². The van der Waals surface area contributed by atoms with Crippen LogP contribution in [0.1, 0.15) is 31.2 Å². The van der Waals surface area contributed by atoms with Crippen molar-refractivity contribution in [2.75, 3.05) is 11.1 Å². The lowest BCUT2D eigenvalue weighted by molar-refractivity contribution is 0.631. The predicted molar refractivity (Wildman–Crippen MR) is 80.0 cm³/mol. The Morgan fingerprint density at radius 3 is 2.60 bits per heavy atom. The highest BCUT2D eigenvalue weighted by atomic mass is 35.5. The molecule has 1 aromatic carbocycles. The van der Waals surface area contributed by atoms with Crippen LogP contribution < -0.4 is 11.1 Å². The Morgan fingerprint density at radius 2 is 2.00 bits per heavy atom. The molecule has 0 saturated carbocycles. The highest BCUT2D eigenvalue weighted by Crippen LogP contribution is 2.26. The van der Waals surface area contributed by atoms with E-state index in [1.54, 1.807) is 19.1 Å². The minimum atomic E-state index is -0.444. The summed E-state index contributed by atoms with van der Waals surface area (Å²) in [6, 6.07) is 4.41. The van der Waals surface area contributed by atoms with Gasteiger partial charge in [-0.05, 0) is 25.1 Å². The molecule has 0 unspecified atom stereocenters. The van der Waals surface area contributed by atoms with Crippen molar-refractivity contribution < 1.29 is 4.39 Å². The minimum Gasteiger partial charge on any atom is -0.383 e. The smallest absolute Gasteiger partial charge is 0.148 e. The quantitative estimate of drug-likeness (QED) is 0.897. The number of nitrogens with zero attached hydrogens (tertiary/aromatic N) is 2. The van der Waals surface area contributed by atoms with Crippen LogP contribution in [0.15, 0.2) is 18.2 Å². The first-order chi connectivity index (χ1) is 9.38. The van der Waals surface area contributed by atoms with Crippen molar-refractivity contribution in [3.8, 4) is 0 Å². The van der Waals surface area contributed by atoms with E-state index in [1.807, 2.05) is 13.8 Å². The molecule has 0 fully saturated rings. The first-order valence-corrected chi connectivity index (χ1v) is 6.62. The molecule has 0 spiro atoms. The number of rotatable bonds is 3. The zero-order valence-corrected chi connectivity index (χ0v) is 12.3. The van der Waals surface area contributed by atoms with Gasteiger partial charge in [0.2, 0.25) is 0 Å². The highest BCUT2D eigenvalue weighted by Gasteiger charge is 2.13. The van der Waals surface area contributed by atoms with Gasteiger partial charge in [-0.15, -0.1) is 0 Å². The molecule has 106 valence electrons. The summed E-state index contributed by atoms with van der Waals surface area (Å²) in [4.78, 5) is 8.61. The predicted octanol–water partition coefficient (Wildman–Crippen LogP) is 4.03. The second kappa shape index (κ2) is 5.63. The van der Waals surface area contributed by atoms with Gasteiger partial charge in [-0.25, -0.2) is 14.4 Å². The summed E-state index contributed by atoms with van der Waals surface area (Å²) in [5, 5.41) is 3.28. The van der Waals surface area contributed by atoms with E-state index in [9.17, 15) is 4.39 Å². The Hall–Kier alpha value is -1.88. The molecule has 6 heteroatoms. The number of benzene rings is 1. The van der Waals surface area contributed by atoms with E-state index < -0.39 is 5.82 Å². The van der Waals surface area contributed by atoms with Crippen LogP contribution in [0.3, 0.4) is 0 Å². The Bertz CT molecular complexity index is 643. The maximum absolute atomic E-state index is 13.8. The fraction of sp³-hybridized carbons (Fsp3) is 0.286. The van der Waals surface area contributed by atoms with Crippen LogP contribution in [0.25, 0.3) is 0 Å². The van der Waals surface area contributed by atoms with Crippen LogP contribution in [0.2, 0.25) is 5.02 Å². The van der Waals surface area contributed by atoms with Gasteiger partial charge in [-0.3, -0.25) is 0 Å². The average Bonchev–Trinajstić information content (AvgIpc) is 2.37. The molecule has 0 amide bonds. The number of halogens is 2. The lowest BCUT2D eigenvalue weighted by atomic mass is 10.2. The van der Waals surface area contributed by atoms with Crippen LogP contribution in [0.5, 0.6) is 0 Å². The normalized spacial score (nSPS) is 10.9. The van der Waals surface area contributed by atoms with Gasteiger partial charge in [0.15, 0.2) is 0 Å². The largest absolute Gasteiger partial charge is 0.383 e. The summed E-state index contributed by atoms with van der Waals surface area (Å²) in [7, 11) is 0. The molecule has 2 aromatic rings. The molecule has 0 saturated heterocycles. The molecule has 1 heterocycles. The van der Waals surface area contributed by atoms with Crippen LogP contribution in [-0.2, 0) is 0 Å². The molecule has 0 aliphatic rings. The first-order valence-electron chi connectivity index (χ1n) is 6.24. The maximum atomic E-state index is 13.8. The zero-order valence-electron chi connectivity index (χ0n) is 11.5. The summed E-state index contributed by atoms with van der Waals surface area (Å²) in [5.41, 5.74) is 6.85. The van der Waals surface area contributed by atoms with E-state index in [0.717, 1.165) is 0 Å². The number of nitrogens with one attached hydrogen (secondary N) is 1. The number of aromatic nitrogens is 2. The van der Waals surface area contributed by atoms with Crippen molar-refractivity contribution in [1.82, 2.24) is 9.97 Å². The molecule has 2 rings (SSSR count). The number of anilines is 3. The second-order valence-corrected chi connectivity index (χ2v) is 5.28. The second-order valence-electron chi connectivity index (χ2n) is 4.84. The monoisotopic (exact) mass is 294 g/mol. The van der Waals surface area contributed by atoms with Gasteiger partial charge in [0.05, 0.1) is 5.69 Å². The van der Waals surface area contributed by atoms with Gasteiger partial charge in [-0.1, -0.05) is 25.4 Å². The first kappa shape index (κ1) is 14.5. The summed E-state index contributed by atoms with van der Waals surface area (Å²) in [6.45, 7) is 5.73. The van der Waals surface area contributed by atoms with Gasteiger partial charge in [0.1, 0.15) is 23.3 Å². The number of nitrogen functional groups attached to an aromatic ring is 1. The standard InChI is InChI=1S/C14H16ClFN4/c1-7(2)13-19-12(17)8(3)14(20-13)18-11-5-4-9(15)6-10(11)16/h4-7H,1-3H3,(H3,17,18,19,20). The molecule has 4 nitrogen and oxygen atoms in total. The minimum absolute atomic E-state index is 0.133. The summed E-state index contributed by atoms with van der Waals surface area (Å²) < 4.78 is 13.8. The zero-order chi connectivity index (χ0) is 14.9. The van der Waals surface area contributed by atoms with Crippen molar-refractivity contribution in [1.29, 1.82) is 0 Å². The Balaban J connectivity index is 2.42. The number of nitrogens with two attached hydrogens (primary N) is 1. The summed E-state index contributed by atoms with van der Waals surface area (Å²) >= 11 is 5.73. The van der Waals surface area contributed by atoms with Gasteiger partial charge in [0.25, 0.3) is 0 Å². The Labute approximate surface area is 122 Å².